The van der Waals surface area contributed by atoms with Gasteiger partial charge in [0, 0.05) is 51.4 Å². The first-order valence-corrected chi connectivity index (χ1v) is 32.0. The van der Waals surface area contributed by atoms with Gasteiger partial charge in [-0.15, -0.1) is 0 Å². The van der Waals surface area contributed by atoms with E-state index in [9.17, 15) is 20.4 Å². The minimum atomic E-state index is 0.241. The number of fused-ring (bicyclic) bond motifs is 16. The Morgan fingerprint density at radius 1 is 0.230 bits per heavy atom. The van der Waals surface area contributed by atoms with E-state index in [2.05, 4.69) is 194 Å². The quantitative estimate of drug-likeness (QED) is 0.0956. The minimum Gasteiger partial charge on any atom is -0.507 e. The Morgan fingerprint density at radius 3 is 0.460 bits per heavy atom. The Labute approximate surface area is 520 Å². The zero-order valence-corrected chi connectivity index (χ0v) is 54.7. The molecular weight excluding hydrogens is 1080 g/mol. The lowest BCUT2D eigenvalue weighted by molar-refractivity contribution is 0.311. The van der Waals surface area contributed by atoms with Crippen molar-refractivity contribution in [3.05, 3.63) is 231 Å². The van der Waals surface area contributed by atoms with Crippen LogP contribution in [0, 0.1) is 55.4 Å². The molecule has 9 rings (SSSR count). The van der Waals surface area contributed by atoms with Crippen LogP contribution >= 0.6 is 0 Å². The molecule has 4 N–H and O–H groups in total. The Morgan fingerprint density at radius 2 is 0.345 bits per heavy atom. The van der Waals surface area contributed by atoms with Crippen LogP contribution in [0.5, 0.6) is 46.0 Å². The van der Waals surface area contributed by atoms with Crippen LogP contribution in [0.15, 0.2) is 97.1 Å². The topological polar surface area (TPSA) is 118 Å². The van der Waals surface area contributed by atoms with Crippen molar-refractivity contribution in [3.63, 3.8) is 0 Å². The molecule has 87 heavy (non-hydrogen) atoms. The van der Waals surface area contributed by atoms with Crippen molar-refractivity contribution in [2.75, 3.05) is 26.4 Å². The van der Waals surface area contributed by atoms with E-state index in [0.717, 1.165) is 182 Å². The molecule has 0 aromatic heterocycles. The summed E-state index contributed by atoms with van der Waals surface area (Å²) in [5.41, 5.74) is 22.5. The zero-order valence-electron chi connectivity index (χ0n) is 54.7. The molecule has 0 saturated carbocycles. The summed E-state index contributed by atoms with van der Waals surface area (Å²) in [6.45, 7) is 31.4. The van der Waals surface area contributed by atoms with E-state index >= 15 is 0 Å². The average Bonchev–Trinajstić information content (AvgIpc) is 3.54. The molecule has 8 aromatic carbocycles. The lowest BCUT2D eigenvalue weighted by Crippen LogP contribution is -2.08. The SMILES string of the molecule is CCC.CCCOc1c2cc(C)cc1Cc1cc(C)cc(c1O)Cc1cc(C)cc(c1OCCC)Cc1cc(C)cc(c1O)Cc1cc(C)cc(c1OCCC)Cc1cc(C)cc(c1O)Cc1cc(C)cc(c1OCCC)Cc1cc(C)cc(c1O)C2. The maximum absolute atomic E-state index is 12.5. The van der Waals surface area contributed by atoms with Gasteiger partial charge in [0.15, 0.2) is 0 Å². The number of ether oxygens (including phenoxy) is 4. The number of aryl methyl sites for hydroxylation is 8. The lowest BCUT2D eigenvalue weighted by atomic mass is 9.89. The number of benzene rings is 8. The zero-order chi connectivity index (χ0) is 62.6. The molecule has 0 aliphatic heterocycles. The van der Waals surface area contributed by atoms with E-state index in [1.54, 1.807) is 0 Å². The van der Waals surface area contributed by atoms with Crippen LogP contribution in [0.4, 0.5) is 0 Å². The van der Waals surface area contributed by atoms with Gasteiger partial charge >= 0.3 is 0 Å². The second-order valence-corrected chi connectivity index (χ2v) is 24.9. The van der Waals surface area contributed by atoms with Gasteiger partial charge in [0.2, 0.25) is 0 Å². The number of phenolic OH excluding ortho intramolecular Hbond substituents is 4. The van der Waals surface area contributed by atoms with Crippen molar-refractivity contribution in [3.8, 4) is 46.0 Å². The van der Waals surface area contributed by atoms with Crippen LogP contribution in [0.1, 0.15) is 207 Å². The molecule has 8 heteroatoms. The highest BCUT2D eigenvalue weighted by Gasteiger charge is 2.25. The molecule has 0 heterocycles. The normalized spacial score (nSPS) is 12.5. The molecule has 16 bridgehead atoms. The highest BCUT2D eigenvalue weighted by Crippen LogP contribution is 2.43. The predicted molar refractivity (Wildman–Crippen MR) is 358 cm³/mol. The minimum absolute atomic E-state index is 0.241. The lowest BCUT2D eigenvalue weighted by Gasteiger charge is -2.22. The standard InChI is InChI=1S/C76H88O8.C3H8/c1-13-17-81-73-61-29-49(9)30-62(73)38-54-22-46(6)24-56(70(54)78)40-64-32-51(11)34-66(75(64)83-19-15-3)42-58-26-48(8)28-60(72(58)80)44-68-36-52(12)35-67(76(68)84-20-16-4)43-59-27-47(7)25-57(71(59)79)41-65-33-50(10)31-63(74(65)82-18-14-2)39-55-23-45(5)21-53(37-61)69(55)77;1-3-2/h21-36,77-80H,13-20,37-44H2,1-12H3;3H2,1-2H3. The van der Waals surface area contributed by atoms with E-state index in [1.165, 1.54) is 6.42 Å². The van der Waals surface area contributed by atoms with Crippen molar-refractivity contribution in [1.29, 1.82) is 0 Å². The first-order chi connectivity index (χ1) is 41.7. The summed E-state index contributed by atoms with van der Waals surface area (Å²) in [4.78, 5) is 0. The van der Waals surface area contributed by atoms with Crippen LogP contribution in [0.3, 0.4) is 0 Å². The average molecular weight is 1170 g/mol. The molecule has 0 atom stereocenters. The van der Waals surface area contributed by atoms with Crippen LogP contribution in [-0.2, 0) is 51.4 Å². The van der Waals surface area contributed by atoms with Gasteiger partial charge in [-0.2, -0.15) is 0 Å². The number of hydrogen-bond acceptors (Lipinski definition) is 8. The first-order valence-electron chi connectivity index (χ1n) is 32.0. The van der Waals surface area contributed by atoms with Gasteiger partial charge in [0.25, 0.3) is 0 Å². The molecule has 0 spiro atoms. The van der Waals surface area contributed by atoms with E-state index < -0.39 is 0 Å². The Hall–Kier alpha value is -7.84. The molecule has 460 valence electrons. The molecule has 0 fully saturated rings. The molecule has 1 aliphatic carbocycles. The third kappa shape index (κ3) is 16.0. The van der Waals surface area contributed by atoms with Gasteiger partial charge in [-0.05, 0) is 170 Å². The third-order valence-corrected chi connectivity index (χ3v) is 16.0. The molecule has 8 nitrogen and oxygen atoms in total. The molecular formula is C79H96O8. The number of rotatable bonds is 12. The first kappa shape index (κ1) is 65.1. The van der Waals surface area contributed by atoms with Gasteiger partial charge in [-0.1, -0.05) is 190 Å². The number of hydrogen-bond donors (Lipinski definition) is 4. The van der Waals surface area contributed by atoms with Crippen molar-refractivity contribution < 1.29 is 39.4 Å². The second kappa shape index (κ2) is 29.7. The van der Waals surface area contributed by atoms with Gasteiger partial charge in [-0.3, -0.25) is 0 Å². The highest BCUT2D eigenvalue weighted by atomic mass is 16.5. The Balaban J connectivity index is 0.00000321. The largest absolute Gasteiger partial charge is 0.507 e. The Kier molecular flexibility index (Phi) is 22.2. The molecule has 0 radical (unpaired) electrons. The molecule has 8 aromatic rings. The van der Waals surface area contributed by atoms with E-state index in [0.29, 0.717) is 77.8 Å². The molecule has 0 amide bonds. The predicted octanol–water partition coefficient (Wildman–Crippen LogP) is 18.6. The summed E-state index contributed by atoms with van der Waals surface area (Å²) in [5, 5.41) is 49.9. The van der Waals surface area contributed by atoms with Crippen LogP contribution in [0.2, 0.25) is 0 Å². The summed E-state index contributed by atoms with van der Waals surface area (Å²) >= 11 is 0. The number of phenols is 4. The van der Waals surface area contributed by atoms with Gasteiger partial charge in [0.1, 0.15) is 46.0 Å². The monoisotopic (exact) mass is 1170 g/mol. The van der Waals surface area contributed by atoms with Crippen LogP contribution in [0.25, 0.3) is 0 Å². The fourth-order valence-electron chi connectivity index (χ4n) is 12.8. The molecule has 0 unspecified atom stereocenters. The second-order valence-electron chi connectivity index (χ2n) is 24.9. The van der Waals surface area contributed by atoms with E-state index in [-0.39, 0.29) is 23.0 Å². The summed E-state index contributed by atoms with van der Waals surface area (Å²) in [6.07, 6.45) is 7.95. The Bertz CT molecular complexity index is 3050. The third-order valence-electron chi connectivity index (χ3n) is 16.0. The summed E-state index contributed by atoms with van der Waals surface area (Å²) in [7, 11) is 0. The molecule has 0 saturated heterocycles. The summed E-state index contributed by atoms with van der Waals surface area (Å²) in [6, 6.07) is 34.0. The summed E-state index contributed by atoms with van der Waals surface area (Å²) in [5.74, 6) is 4.06. The highest BCUT2D eigenvalue weighted by molar-refractivity contribution is 5.60. The molecule has 1 aliphatic rings. The van der Waals surface area contributed by atoms with Crippen LogP contribution in [-0.4, -0.2) is 46.9 Å². The van der Waals surface area contributed by atoms with E-state index in [1.807, 2.05) is 0 Å². The van der Waals surface area contributed by atoms with Crippen molar-refractivity contribution in [2.45, 2.75) is 180 Å². The summed E-state index contributed by atoms with van der Waals surface area (Å²) < 4.78 is 26.9. The van der Waals surface area contributed by atoms with Gasteiger partial charge < -0.3 is 39.4 Å². The fraction of sp³-hybridized carbons (Fsp3) is 0.392. The fourth-order valence-corrected chi connectivity index (χ4v) is 12.8. The van der Waals surface area contributed by atoms with Crippen molar-refractivity contribution in [2.24, 2.45) is 0 Å². The van der Waals surface area contributed by atoms with Crippen LogP contribution < -0.4 is 18.9 Å². The van der Waals surface area contributed by atoms with E-state index in [4.69, 9.17) is 18.9 Å². The smallest absolute Gasteiger partial charge is 0.126 e. The number of aromatic hydroxyl groups is 4. The van der Waals surface area contributed by atoms with Gasteiger partial charge in [-0.25, -0.2) is 0 Å². The maximum atomic E-state index is 12.5. The van der Waals surface area contributed by atoms with Gasteiger partial charge in [0.05, 0.1) is 26.4 Å². The van der Waals surface area contributed by atoms with Crippen molar-refractivity contribution in [1.82, 2.24) is 0 Å². The maximum Gasteiger partial charge on any atom is 0.126 e. The van der Waals surface area contributed by atoms with Crippen molar-refractivity contribution >= 4 is 0 Å².